The molecule has 1 aromatic heterocycles. The number of piperazine rings is 1. The topological polar surface area (TPSA) is 93.7 Å². The molecule has 1 fully saturated rings. The molecule has 1 amide bonds. The Morgan fingerprint density at radius 1 is 1.25 bits per heavy atom. The first-order valence-electron chi connectivity index (χ1n) is 9.28. The van der Waals surface area contributed by atoms with Gasteiger partial charge in [-0.1, -0.05) is 17.7 Å². The number of aromatic nitrogens is 2. The summed E-state index contributed by atoms with van der Waals surface area (Å²) in [5.41, 5.74) is 5.81. The molecule has 0 saturated carbocycles. The van der Waals surface area contributed by atoms with Crippen LogP contribution in [-0.4, -0.2) is 52.4 Å². The van der Waals surface area contributed by atoms with Crippen molar-refractivity contribution in [3.63, 3.8) is 0 Å². The molecule has 0 radical (unpaired) electrons. The second-order valence-electron chi connectivity index (χ2n) is 7.93. The maximum Gasteiger partial charge on any atom is 0.410 e. The molecule has 1 aliphatic heterocycles. The van der Waals surface area contributed by atoms with Crippen LogP contribution in [0.1, 0.15) is 39.6 Å². The van der Waals surface area contributed by atoms with Gasteiger partial charge in [-0.3, -0.25) is 4.79 Å². The Morgan fingerprint density at radius 2 is 1.89 bits per heavy atom. The van der Waals surface area contributed by atoms with Gasteiger partial charge in [0.2, 0.25) is 0 Å². The van der Waals surface area contributed by atoms with Crippen molar-refractivity contribution in [3.05, 3.63) is 39.4 Å². The molecule has 28 heavy (non-hydrogen) atoms. The average Bonchev–Trinajstić information content (AvgIpc) is 2.60. The first kappa shape index (κ1) is 20.4. The van der Waals surface area contributed by atoms with Crippen LogP contribution in [0.15, 0.2) is 23.0 Å². The molecule has 2 N–H and O–H groups in total. The Kier molecular flexibility index (Phi) is 5.54. The van der Waals surface area contributed by atoms with Crippen LogP contribution >= 0.6 is 11.6 Å². The summed E-state index contributed by atoms with van der Waals surface area (Å²) >= 11 is 6.26. The summed E-state index contributed by atoms with van der Waals surface area (Å²) in [7, 11) is 0. The van der Waals surface area contributed by atoms with Crippen LogP contribution in [0.2, 0.25) is 5.02 Å². The van der Waals surface area contributed by atoms with Gasteiger partial charge in [0, 0.05) is 13.1 Å². The van der Waals surface area contributed by atoms with Gasteiger partial charge in [-0.05, 0) is 39.8 Å². The van der Waals surface area contributed by atoms with Gasteiger partial charge >= 0.3 is 6.09 Å². The molecule has 2 heterocycles. The Morgan fingerprint density at radius 3 is 2.46 bits per heavy atom. The van der Waals surface area contributed by atoms with E-state index in [2.05, 4.69) is 4.98 Å². The monoisotopic (exact) mass is 407 g/mol. The standard InChI is InChI=1S/C19H26ClN5O3/c1-12(21)16-22-14-7-5-6-13(20)15(14)17(26)25(16)24-10-8-23(9-11-24)18(27)28-19(2,3)4/h5-7,12H,8-11,21H2,1-4H3/t12-/m0/s1. The number of ether oxygens (including phenoxy) is 1. The Balaban J connectivity index is 1.91. The number of carbonyl (C=O) groups excluding carboxylic acids is 1. The molecule has 0 unspecified atom stereocenters. The summed E-state index contributed by atoms with van der Waals surface area (Å²) in [5, 5.41) is 2.58. The molecule has 9 heteroatoms. The van der Waals surface area contributed by atoms with Crippen LogP contribution in [0.4, 0.5) is 4.79 Å². The zero-order valence-electron chi connectivity index (χ0n) is 16.6. The van der Waals surface area contributed by atoms with Crippen LogP contribution in [0.3, 0.4) is 0 Å². The van der Waals surface area contributed by atoms with Gasteiger partial charge in [-0.25, -0.2) is 14.5 Å². The molecule has 1 aromatic carbocycles. The molecule has 2 aromatic rings. The van der Waals surface area contributed by atoms with E-state index >= 15 is 0 Å². The van der Waals surface area contributed by atoms with Gasteiger partial charge < -0.3 is 20.4 Å². The molecule has 152 valence electrons. The summed E-state index contributed by atoms with van der Waals surface area (Å²) < 4.78 is 6.93. The summed E-state index contributed by atoms with van der Waals surface area (Å²) in [6, 6.07) is 4.73. The first-order valence-corrected chi connectivity index (χ1v) is 9.66. The fourth-order valence-corrected chi connectivity index (χ4v) is 3.42. The van der Waals surface area contributed by atoms with Crippen molar-refractivity contribution in [1.29, 1.82) is 0 Å². The Bertz CT molecular complexity index is 943. The number of fused-ring (bicyclic) bond motifs is 1. The zero-order valence-corrected chi connectivity index (χ0v) is 17.4. The zero-order chi connectivity index (χ0) is 20.6. The molecule has 0 spiro atoms. The van der Waals surface area contributed by atoms with Gasteiger partial charge in [0.15, 0.2) is 0 Å². The maximum absolute atomic E-state index is 13.2. The number of nitrogens with two attached hydrogens (primary N) is 1. The van der Waals surface area contributed by atoms with E-state index in [-0.39, 0.29) is 11.7 Å². The van der Waals surface area contributed by atoms with Crippen molar-refractivity contribution >= 4 is 28.6 Å². The van der Waals surface area contributed by atoms with E-state index in [1.807, 2.05) is 25.8 Å². The van der Waals surface area contributed by atoms with E-state index < -0.39 is 11.6 Å². The number of benzene rings is 1. The van der Waals surface area contributed by atoms with Crippen LogP contribution in [0.5, 0.6) is 0 Å². The second kappa shape index (κ2) is 7.60. The summed E-state index contributed by atoms with van der Waals surface area (Å²) in [6.07, 6.45) is -0.355. The quantitative estimate of drug-likeness (QED) is 0.820. The molecule has 3 rings (SSSR count). The van der Waals surface area contributed by atoms with Crippen molar-refractivity contribution in [1.82, 2.24) is 14.6 Å². The summed E-state index contributed by atoms with van der Waals surface area (Å²) in [5.74, 6) is 0.463. The largest absolute Gasteiger partial charge is 0.444 e. The van der Waals surface area contributed by atoms with E-state index in [9.17, 15) is 9.59 Å². The van der Waals surface area contributed by atoms with Crippen molar-refractivity contribution in [3.8, 4) is 0 Å². The number of amides is 1. The van der Waals surface area contributed by atoms with Crippen LogP contribution in [0.25, 0.3) is 10.9 Å². The van der Waals surface area contributed by atoms with E-state index in [1.54, 1.807) is 30.0 Å². The third-order valence-electron chi connectivity index (χ3n) is 4.45. The highest BCUT2D eigenvalue weighted by molar-refractivity contribution is 6.35. The summed E-state index contributed by atoms with van der Waals surface area (Å²) in [6.45, 7) is 9.06. The van der Waals surface area contributed by atoms with E-state index in [4.69, 9.17) is 22.1 Å². The first-order chi connectivity index (χ1) is 13.1. The predicted molar refractivity (Wildman–Crippen MR) is 109 cm³/mol. The fraction of sp³-hybridized carbons (Fsp3) is 0.526. The van der Waals surface area contributed by atoms with E-state index in [0.29, 0.717) is 47.9 Å². The van der Waals surface area contributed by atoms with Gasteiger partial charge in [0.05, 0.1) is 35.1 Å². The smallest absolute Gasteiger partial charge is 0.410 e. The lowest BCUT2D eigenvalue weighted by molar-refractivity contribution is 0.0231. The highest BCUT2D eigenvalue weighted by Crippen LogP contribution is 2.21. The van der Waals surface area contributed by atoms with Crippen LogP contribution < -0.4 is 16.3 Å². The number of rotatable bonds is 2. The number of carbonyl (C=O) groups is 1. The Hall–Kier alpha value is -2.32. The molecule has 8 nitrogen and oxygen atoms in total. The lowest BCUT2D eigenvalue weighted by Crippen LogP contribution is -2.57. The lowest BCUT2D eigenvalue weighted by atomic mass is 10.2. The highest BCUT2D eigenvalue weighted by atomic mass is 35.5. The minimum atomic E-state index is -0.549. The van der Waals surface area contributed by atoms with Crippen LogP contribution in [-0.2, 0) is 4.74 Å². The van der Waals surface area contributed by atoms with E-state index in [0.717, 1.165) is 0 Å². The van der Waals surface area contributed by atoms with Gasteiger partial charge in [0.1, 0.15) is 11.4 Å². The molecule has 1 atom stereocenters. The van der Waals surface area contributed by atoms with Gasteiger partial charge in [-0.15, -0.1) is 0 Å². The third-order valence-corrected chi connectivity index (χ3v) is 4.76. The molecule has 0 bridgehead atoms. The number of hydrogen-bond donors (Lipinski definition) is 1. The lowest BCUT2D eigenvalue weighted by Gasteiger charge is -2.38. The van der Waals surface area contributed by atoms with Crippen molar-refractivity contribution in [2.75, 3.05) is 31.2 Å². The van der Waals surface area contributed by atoms with Crippen LogP contribution in [0, 0.1) is 0 Å². The number of hydrogen-bond acceptors (Lipinski definition) is 6. The van der Waals surface area contributed by atoms with E-state index in [1.165, 1.54) is 4.68 Å². The van der Waals surface area contributed by atoms with Crippen molar-refractivity contribution in [2.24, 2.45) is 5.73 Å². The van der Waals surface area contributed by atoms with Gasteiger partial charge in [-0.2, -0.15) is 0 Å². The third kappa shape index (κ3) is 4.07. The average molecular weight is 408 g/mol. The molecule has 1 aliphatic rings. The number of halogens is 1. The second-order valence-corrected chi connectivity index (χ2v) is 8.34. The SMILES string of the molecule is C[C@H](N)c1nc2cccc(Cl)c2c(=O)n1N1CCN(C(=O)OC(C)(C)C)CC1. The Labute approximate surface area is 168 Å². The van der Waals surface area contributed by atoms with Gasteiger partial charge in [0.25, 0.3) is 5.56 Å². The highest BCUT2D eigenvalue weighted by Gasteiger charge is 2.28. The van der Waals surface area contributed by atoms with Crippen molar-refractivity contribution in [2.45, 2.75) is 39.3 Å². The van der Waals surface area contributed by atoms with Crippen molar-refractivity contribution < 1.29 is 9.53 Å². The maximum atomic E-state index is 13.2. The molecule has 0 aliphatic carbocycles. The summed E-state index contributed by atoms with van der Waals surface area (Å²) in [4.78, 5) is 31.7. The minimum Gasteiger partial charge on any atom is -0.444 e. The normalized spacial score (nSPS) is 16.4. The number of nitrogens with zero attached hydrogens (tertiary/aromatic N) is 4. The molecular weight excluding hydrogens is 382 g/mol. The molecular formula is C19H26ClN5O3. The fourth-order valence-electron chi connectivity index (χ4n) is 3.17. The predicted octanol–water partition coefficient (Wildman–Crippen LogP) is 2.26. The minimum absolute atomic E-state index is 0.256. The molecule has 1 saturated heterocycles.